The summed E-state index contributed by atoms with van der Waals surface area (Å²) in [6.07, 6.45) is 0.770. The van der Waals surface area contributed by atoms with Crippen LogP contribution in [0.3, 0.4) is 0 Å². The van der Waals surface area contributed by atoms with Gasteiger partial charge in [0.1, 0.15) is 0 Å². The number of carbonyl (C=O) groups is 2. The molecule has 0 heterocycles. The fourth-order valence-electron chi connectivity index (χ4n) is 3.68. The summed E-state index contributed by atoms with van der Waals surface area (Å²) in [6.45, 7) is 1.21. The number of hydrogen-bond donors (Lipinski definition) is 0. The molecule has 0 N–H and O–H groups in total. The van der Waals surface area contributed by atoms with E-state index in [-0.39, 0.29) is 36.6 Å². The van der Waals surface area contributed by atoms with Crippen molar-refractivity contribution in [2.75, 3.05) is 27.2 Å². The normalized spacial score (nSPS) is 11.5. The molecule has 0 radical (unpaired) electrons. The molecule has 1 aliphatic rings. The van der Waals surface area contributed by atoms with Crippen LogP contribution < -0.4 is 0 Å². The predicted molar refractivity (Wildman–Crippen MR) is 121 cm³/mol. The molecule has 0 saturated carbocycles. The van der Waals surface area contributed by atoms with Gasteiger partial charge in [-0.3, -0.25) is 4.79 Å². The summed E-state index contributed by atoms with van der Waals surface area (Å²) < 4.78 is 5.48. The summed E-state index contributed by atoms with van der Waals surface area (Å²) in [5.41, 5.74) is 3.56. The largest absolute Gasteiger partial charge is 0.462 e. The molecular weight excluding hydrogens is 409 g/mol. The second kappa shape index (κ2) is 9.40. The van der Waals surface area contributed by atoms with E-state index < -0.39 is 0 Å². The number of fused-ring (bicyclic) bond motifs is 5. The first-order valence-electron chi connectivity index (χ1n) is 9.09. The molecule has 3 aromatic carbocycles. The Kier molecular flexibility index (Phi) is 7.42. The van der Waals surface area contributed by atoms with E-state index in [2.05, 4.69) is 4.90 Å². The molecule has 0 bridgehead atoms. The quantitative estimate of drug-likeness (QED) is 0.329. The van der Waals surface area contributed by atoms with Gasteiger partial charge in [0.25, 0.3) is 0 Å². The molecule has 6 heteroatoms. The molecule has 0 fully saturated rings. The lowest BCUT2D eigenvalue weighted by Crippen LogP contribution is -2.16. The molecule has 29 heavy (non-hydrogen) atoms. The van der Waals surface area contributed by atoms with Crippen LogP contribution in [0.2, 0.25) is 0 Å². The van der Waals surface area contributed by atoms with Gasteiger partial charge < -0.3 is 9.64 Å². The Morgan fingerprint density at radius 2 is 1.52 bits per heavy atom. The highest BCUT2D eigenvalue weighted by molar-refractivity contribution is 6.27. The molecular formula is C23H23Cl2NO3. The number of benzene rings is 3. The van der Waals surface area contributed by atoms with E-state index in [4.69, 9.17) is 4.74 Å². The van der Waals surface area contributed by atoms with E-state index in [9.17, 15) is 9.59 Å². The lowest BCUT2D eigenvalue weighted by molar-refractivity contribution is 0.0495. The highest BCUT2D eigenvalue weighted by atomic mass is 35.5. The minimum Gasteiger partial charge on any atom is -0.462 e. The average Bonchev–Trinajstić information content (AvgIpc) is 2.97. The molecule has 152 valence electrons. The molecule has 4 nitrogen and oxygen atoms in total. The van der Waals surface area contributed by atoms with Gasteiger partial charge in [-0.2, -0.15) is 0 Å². The summed E-state index contributed by atoms with van der Waals surface area (Å²) in [4.78, 5) is 27.7. The number of nitrogens with zero attached hydrogens (tertiary/aromatic N) is 1. The topological polar surface area (TPSA) is 46.6 Å². The van der Waals surface area contributed by atoms with Crippen molar-refractivity contribution in [1.82, 2.24) is 4.90 Å². The van der Waals surface area contributed by atoms with Crippen LogP contribution in [0.1, 0.15) is 32.7 Å². The van der Waals surface area contributed by atoms with E-state index in [1.165, 1.54) is 0 Å². The molecule has 0 spiro atoms. The molecule has 0 aliphatic heterocycles. The second-order valence-electron chi connectivity index (χ2n) is 7.06. The first-order valence-corrected chi connectivity index (χ1v) is 9.09. The van der Waals surface area contributed by atoms with Crippen LogP contribution in [0.15, 0.2) is 54.6 Å². The van der Waals surface area contributed by atoms with E-state index >= 15 is 0 Å². The number of halogens is 2. The summed E-state index contributed by atoms with van der Waals surface area (Å²) in [6, 6.07) is 17.0. The third-order valence-corrected chi connectivity index (χ3v) is 4.93. The van der Waals surface area contributed by atoms with Crippen LogP contribution in [-0.2, 0) is 4.74 Å². The van der Waals surface area contributed by atoms with Gasteiger partial charge in [0, 0.05) is 23.2 Å². The Hall–Kier alpha value is -2.40. The monoisotopic (exact) mass is 431 g/mol. The zero-order valence-corrected chi connectivity index (χ0v) is 17.9. The van der Waals surface area contributed by atoms with Gasteiger partial charge in [0.05, 0.1) is 12.2 Å². The Labute approximate surface area is 182 Å². The Morgan fingerprint density at radius 3 is 2.21 bits per heavy atom. The van der Waals surface area contributed by atoms with Crippen LogP contribution >= 0.6 is 24.8 Å². The van der Waals surface area contributed by atoms with E-state index in [1.807, 2.05) is 62.6 Å². The number of rotatable bonds is 5. The van der Waals surface area contributed by atoms with Crippen LogP contribution in [0.4, 0.5) is 0 Å². The van der Waals surface area contributed by atoms with Crippen molar-refractivity contribution in [2.45, 2.75) is 6.42 Å². The molecule has 0 aromatic heterocycles. The minimum atomic E-state index is -0.378. The molecule has 3 aromatic rings. The number of carbonyl (C=O) groups excluding carboxylic acids is 2. The van der Waals surface area contributed by atoms with Crippen molar-refractivity contribution in [1.29, 1.82) is 0 Å². The fourth-order valence-corrected chi connectivity index (χ4v) is 3.68. The zero-order chi connectivity index (χ0) is 19.0. The van der Waals surface area contributed by atoms with Crippen molar-refractivity contribution in [3.05, 3.63) is 71.3 Å². The highest BCUT2D eigenvalue weighted by Crippen LogP contribution is 2.42. The SMILES string of the molecule is CN(C)CCCOC(=O)c1cc2c(c3ccccc13)-c1ccccc1C2=O.Cl.Cl. The summed E-state index contributed by atoms with van der Waals surface area (Å²) in [5.74, 6) is -0.412. The van der Waals surface area contributed by atoms with Crippen molar-refractivity contribution in [3.63, 3.8) is 0 Å². The third kappa shape index (κ3) is 4.15. The van der Waals surface area contributed by atoms with Crippen molar-refractivity contribution >= 4 is 47.3 Å². The maximum atomic E-state index is 12.9. The van der Waals surface area contributed by atoms with Crippen LogP contribution in [-0.4, -0.2) is 43.9 Å². The number of ether oxygens (including phenoxy) is 1. The van der Waals surface area contributed by atoms with Gasteiger partial charge >= 0.3 is 5.97 Å². The molecule has 0 saturated heterocycles. The zero-order valence-electron chi connectivity index (χ0n) is 16.3. The molecule has 0 unspecified atom stereocenters. The fraction of sp³-hybridized carbons (Fsp3) is 0.217. The molecule has 0 atom stereocenters. The third-order valence-electron chi connectivity index (χ3n) is 4.93. The maximum absolute atomic E-state index is 12.9. The smallest absolute Gasteiger partial charge is 0.338 e. The Morgan fingerprint density at radius 1 is 0.897 bits per heavy atom. The van der Waals surface area contributed by atoms with Gasteiger partial charge in [-0.15, -0.1) is 24.8 Å². The standard InChI is InChI=1S/C23H21NO3.2ClH/c1-24(2)12-7-13-27-23(26)19-14-20-21(16-9-4-3-8-15(16)19)17-10-5-6-11-18(17)22(20)25;;/h3-6,8-11,14H,7,12-13H2,1-2H3;2*1H. The first-order chi connectivity index (χ1) is 13.1. The lowest BCUT2D eigenvalue weighted by Gasteiger charge is -2.13. The predicted octanol–water partition coefficient (Wildman–Crippen LogP) is 5.00. The number of ketones is 1. The molecule has 0 amide bonds. The van der Waals surface area contributed by atoms with E-state index in [1.54, 1.807) is 6.07 Å². The van der Waals surface area contributed by atoms with Crippen LogP contribution in [0, 0.1) is 0 Å². The van der Waals surface area contributed by atoms with Gasteiger partial charge in [-0.1, -0.05) is 48.5 Å². The summed E-state index contributed by atoms with van der Waals surface area (Å²) in [5, 5.41) is 1.73. The van der Waals surface area contributed by atoms with Gasteiger partial charge in [0.2, 0.25) is 0 Å². The van der Waals surface area contributed by atoms with Gasteiger partial charge in [-0.05, 0) is 42.9 Å². The molecule has 1 aliphatic carbocycles. The van der Waals surface area contributed by atoms with Crippen LogP contribution in [0.5, 0.6) is 0 Å². The maximum Gasteiger partial charge on any atom is 0.338 e. The molecule has 4 rings (SSSR count). The van der Waals surface area contributed by atoms with Crippen molar-refractivity contribution in [3.8, 4) is 11.1 Å². The van der Waals surface area contributed by atoms with E-state index in [0.29, 0.717) is 23.3 Å². The van der Waals surface area contributed by atoms with Crippen molar-refractivity contribution in [2.24, 2.45) is 0 Å². The van der Waals surface area contributed by atoms with Crippen LogP contribution in [0.25, 0.3) is 21.9 Å². The summed E-state index contributed by atoms with van der Waals surface area (Å²) >= 11 is 0. The lowest BCUT2D eigenvalue weighted by atomic mass is 9.94. The highest BCUT2D eigenvalue weighted by Gasteiger charge is 2.30. The average molecular weight is 432 g/mol. The number of hydrogen-bond acceptors (Lipinski definition) is 4. The Balaban J connectivity index is 0.00000150. The van der Waals surface area contributed by atoms with E-state index in [0.717, 1.165) is 34.9 Å². The summed E-state index contributed by atoms with van der Waals surface area (Å²) in [7, 11) is 3.97. The second-order valence-corrected chi connectivity index (χ2v) is 7.06. The first kappa shape index (κ1) is 22.9. The Bertz CT molecular complexity index is 1060. The van der Waals surface area contributed by atoms with Gasteiger partial charge in [0.15, 0.2) is 5.78 Å². The number of esters is 1. The van der Waals surface area contributed by atoms with Crippen molar-refractivity contribution < 1.29 is 14.3 Å². The minimum absolute atomic E-state index is 0. The van der Waals surface area contributed by atoms with Gasteiger partial charge in [-0.25, -0.2) is 4.79 Å².